The third kappa shape index (κ3) is 4.98. The lowest BCUT2D eigenvalue weighted by atomic mass is 10.1. The van der Waals surface area contributed by atoms with Crippen molar-refractivity contribution in [1.82, 2.24) is 15.5 Å². The first-order valence-electron chi connectivity index (χ1n) is 8.10. The summed E-state index contributed by atoms with van der Waals surface area (Å²) in [6.45, 7) is 0.404. The molecule has 8 heteroatoms. The molecule has 0 spiro atoms. The summed E-state index contributed by atoms with van der Waals surface area (Å²) >= 11 is 5.92. The molecular formula is C19H15ClF2N4O. The van der Waals surface area contributed by atoms with E-state index in [1.165, 1.54) is 18.2 Å². The zero-order valence-corrected chi connectivity index (χ0v) is 14.8. The number of hydrogen-bond acceptors (Lipinski definition) is 4. The van der Waals surface area contributed by atoms with Gasteiger partial charge in [-0.1, -0.05) is 29.8 Å². The molecule has 0 aliphatic heterocycles. The predicted molar refractivity (Wildman–Crippen MR) is 99.2 cm³/mol. The molecule has 0 radical (unpaired) electrons. The van der Waals surface area contributed by atoms with Gasteiger partial charge < -0.3 is 10.6 Å². The van der Waals surface area contributed by atoms with E-state index in [9.17, 15) is 13.6 Å². The molecule has 2 N–H and O–H groups in total. The normalized spacial score (nSPS) is 10.5. The fraction of sp³-hybridized carbons (Fsp3) is 0.105. The van der Waals surface area contributed by atoms with Crippen molar-refractivity contribution >= 4 is 29.0 Å². The number of nitrogens with one attached hydrogen (secondary N) is 2. The summed E-state index contributed by atoms with van der Waals surface area (Å²) in [6, 6.07) is 13.7. The highest BCUT2D eigenvalue weighted by molar-refractivity contribution is 6.30. The number of anilines is 2. The number of amides is 1. The Labute approximate surface area is 159 Å². The first-order chi connectivity index (χ1) is 13.0. The van der Waals surface area contributed by atoms with Crippen LogP contribution in [0.4, 0.5) is 20.3 Å². The molecule has 0 aliphatic carbocycles. The van der Waals surface area contributed by atoms with Crippen LogP contribution in [-0.2, 0) is 6.42 Å². The Hall–Kier alpha value is -3.06. The highest BCUT2D eigenvalue weighted by Gasteiger charge is 2.11. The number of hydrogen-bond donors (Lipinski definition) is 2. The molecule has 27 heavy (non-hydrogen) atoms. The van der Waals surface area contributed by atoms with Crippen LogP contribution in [0.5, 0.6) is 0 Å². The molecule has 0 unspecified atom stereocenters. The monoisotopic (exact) mass is 388 g/mol. The van der Waals surface area contributed by atoms with Gasteiger partial charge in [0.2, 0.25) is 0 Å². The van der Waals surface area contributed by atoms with Crippen LogP contribution in [0.3, 0.4) is 0 Å². The summed E-state index contributed by atoms with van der Waals surface area (Å²) in [5, 5.41) is 13.4. The van der Waals surface area contributed by atoms with Crippen LogP contribution in [-0.4, -0.2) is 22.6 Å². The zero-order chi connectivity index (χ0) is 19.2. The number of aromatic nitrogens is 2. The molecule has 2 aromatic carbocycles. The van der Waals surface area contributed by atoms with Crippen LogP contribution in [0.25, 0.3) is 0 Å². The quantitative estimate of drug-likeness (QED) is 0.666. The summed E-state index contributed by atoms with van der Waals surface area (Å²) in [5.41, 5.74) is 0.770. The molecule has 0 fully saturated rings. The van der Waals surface area contributed by atoms with Crippen LogP contribution in [0.15, 0.2) is 54.6 Å². The lowest BCUT2D eigenvalue weighted by Crippen LogP contribution is -2.26. The van der Waals surface area contributed by atoms with Crippen molar-refractivity contribution in [2.24, 2.45) is 0 Å². The molecule has 0 aliphatic rings. The molecule has 3 rings (SSSR count). The van der Waals surface area contributed by atoms with Crippen LogP contribution >= 0.6 is 11.6 Å². The van der Waals surface area contributed by atoms with E-state index in [2.05, 4.69) is 20.8 Å². The van der Waals surface area contributed by atoms with Crippen LogP contribution in [0.1, 0.15) is 16.1 Å². The SMILES string of the molecule is O=C(NCCc1cccc(Cl)c1)c1ccc(Nc2c(F)cccc2F)nn1. The minimum atomic E-state index is -0.750. The highest BCUT2D eigenvalue weighted by atomic mass is 35.5. The van der Waals surface area contributed by atoms with E-state index >= 15 is 0 Å². The van der Waals surface area contributed by atoms with E-state index in [4.69, 9.17) is 11.6 Å². The van der Waals surface area contributed by atoms with E-state index in [-0.39, 0.29) is 17.2 Å². The Morgan fingerprint density at radius 3 is 2.41 bits per heavy atom. The molecule has 138 valence electrons. The van der Waals surface area contributed by atoms with Crippen molar-refractivity contribution in [2.45, 2.75) is 6.42 Å². The van der Waals surface area contributed by atoms with Gasteiger partial charge in [0.1, 0.15) is 17.3 Å². The van der Waals surface area contributed by atoms with E-state index in [1.54, 1.807) is 6.07 Å². The number of rotatable bonds is 6. The standard InChI is InChI=1S/C19H15ClF2N4O/c20-13-4-1-3-12(11-13)9-10-23-19(27)16-7-8-17(26-25-16)24-18-14(21)5-2-6-15(18)22/h1-8,11H,9-10H2,(H,23,27)(H,24,26). The zero-order valence-electron chi connectivity index (χ0n) is 14.0. The maximum Gasteiger partial charge on any atom is 0.271 e. The molecule has 1 aromatic heterocycles. The second kappa shape index (κ2) is 8.55. The topological polar surface area (TPSA) is 66.9 Å². The number of carbonyl (C=O) groups excluding carboxylic acids is 1. The number of benzene rings is 2. The van der Waals surface area contributed by atoms with Gasteiger partial charge >= 0.3 is 0 Å². The first kappa shape index (κ1) is 18.7. The van der Waals surface area contributed by atoms with Gasteiger partial charge in [0.25, 0.3) is 5.91 Å². The lowest BCUT2D eigenvalue weighted by Gasteiger charge is -2.08. The second-order valence-electron chi connectivity index (χ2n) is 5.66. The van der Waals surface area contributed by atoms with Gasteiger partial charge in [0.15, 0.2) is 11.5 Å². The van der Waals surface area contributed by atoms with Gasteiger partial charge in [-0.25, -0.2) is 8.78 Å². The molecule has 5 nitrogen and oxygen atoms in total. The Morgan fingerprint density at radius 1 is 1.00 bits per heavy atom. The molecular weight excluding hydrogens is 374 g/mol. The molecule has 0 saturated heterocycles. The van der Waals surface area contributed by atoms with Gasteiger partial charge in [-0.15, -0.1) is 10.2 Å². The first-order valence-corrected chi connectivity index (χ1v) is 8.48. The third-order valence-electron chi connectivity index (χ3n) is 3.70. The van der Waals surface area contributed by atoms with E-state index in [1.807, 2.05) is 18.2 Å². The van der Waals surface area contributed by atoms with E-state index < -0.39 is 17.5 Å². The van der Waals surface area contributed by atoms with Crippen LogP contribution in [0, 0.1) is 11.6 Å². The number of carbonyl (C=O) groups is 1. The minimum Gasteiger partial charge on any atom is -0.350 e. The van der Waals surface area contributed by atoms with E-state index in [0.717, 1.165) is 17.7 Å². The summed E-state index contributed by atoms with van der Waals surface area (Å²) in [6.07, 6.45) is 0.617. The van der Waals surface area contributed by atoms with Crippen molar-refractivity contribution in [1.29, 1.82) is 0 Å². The van der Waals surface area contributed by atoms with Gasteiger partial charge in [-0.3, -0.25) is 4.79 Å². The Morgan fingerprint density at radius 2 is 1.74 bits per heavy atom. The number of para-hydroxylation sites is 1. The van der Waals surface area contributed by atoms with Gasteiger partial charge in [0.05, 0.1) is 0 Å². The largest absolute Gasteiger partial charge is 0.350 e. The van der Waals surface area contributed by atoms with Gasteiger partial charge in [-0.2, -0.15) is 0 Å². The fourth-order valence-electron chi connectivity index (χ4n) is 2.37. The smallest absolute Gasteiger partial charge is 0.271 e. The Kier molecular flexibility index (Phi) is 5.93. The average Bonchev–Trinajstić information content (AvgIpc) is 2.65. The van der Waals surface area contributed by atoms with Crippen molar-refractivity contribution in [2.75, 3.05) is 11.9 Å². The molecule has 0 bridgehead atoms. The van der Waals surface area contributed by atoms with Crippen molar-refractivity contribution < 1.29 is 13.6 Å². The number of halogens is 3. The maximum atomic E-state index is 13.6. The summed E-state index contributed by atoms with van der Waals surface area (Å²) < 4.78 is 27.2. The molecule has 1 heterocycles. The molecule has 0 saturated carbocycles. The average molecular weight is 389 g/mol. The molecule has 0 atom stereocenters. The second-order valence-corrected chi connectivity index (χ2v) is 6.10. The summed E-state index contributed by atoms with van der Waals surface area (Å²) in [4.78, 5) is 12.1. The van der Waals surface area contributed by atoms with Crippen LogP contribution in [0.2, 0.25) is 5.02 Å². The van der Waals surface area contributed by atoms with Crippen molar-refractivity contribution in [3.8, 4) is 0 Å². The van der Waals surface area contributed by atoms with Crippen molar-refractivity contribution in [3.63, 3.8) is 0 Å². The van der Waals surface area contributed by atoms with E-state index in [0.29, 0.717) is 18.0 Å². The summed E-state index contributed by atoms with van der Waals surface area (Å²) in [7, 11) is 0. The fourth-order valence-corrected chi connectivity index (χ4v) is 2.58. The van der Waals surface area contributed by atoms with Crippen molar-refractivity contribution in [3.05, 3.63) is 82.5 Å². The lowest BCUT2D eigenvalue weighted by molar-refractivity contribution is 0.0948. The van der Waals surface area contributed by atoms with Crippen LogP contribution < -0.4 is 10.6 Å². The minimum absolute atomic E-state index is 0.0978. The Bertz CT molecular complexity index is 930. The Balaban J connectivity index is 1.57. The molecule has 3 aromatic rings. The van der Waals surface area contributed by atoms with Gasteiger partial charge in [-0.05, 0) is 48.4 Å². The highest BCUT2D eigenvalue weighted by Crippen LogP contribution is 2.21. The number of nitrogens with zero attached hydrogens (tertiary/aromatic N) is 2. The molecule has 1 amide bonds. The van der Waals surface area contributed by atoms with Gasteiger partial charge in [0, 0.05) is 11.6 Å². The predicted octanol–water partition coefficient (Wildman–Crippen LogP) is 4.12. The maximum absolute atomic E-state index is 13.6. The third-order valence-corrected chi connectivity index (χ3v) is 3.94. The summed E-state index contributed by atoms with van der Waals surface area (Å²) in [5.74, 6) is -1.78.